The standard InChI is InChI=1S/C21H22FN5O2/c22-17-13(5-14-18(27-20(23)26-14)16(17)15-2-1-3-29-15)12-8-24-19(25-9-12)21(28)6-10-4-11(10)7-21/h5,8-11,15,28H,1-4,6-7H2,(H3,23,26,27)/t10?,11?,15-,21?/m1/s1. The number of aromatic nitrogens is 4. The van der Waals surface area contributed by atoms with E-state index in [0.29, 0.717) is 64.8 Å². The number of imidazole rings is 1. The first-order chi connectivity index (χ1) is 14.0. The number of hydrogen-bond acceptors (Lipinski definition) is 6. The fourth-order valence-electron chi connectivity index (χ4n) is 5.13. The fourth-order valence-corrected chi connectivity index (χ4v) is 5.13. The molecule has 0 spiro atoms. The molecule has 6 rings (SSSR count). The van der Waals surface area contributed by atoms with Gasteiger partial charge in [0.25, 0.3) is 0 Å². The average Bonchev–Trinajstić information content (AvgIpc) is 3.11. The summed E-state index contributed by atoms with van der Waals surface area (Å²) in [5.74, 6) is 1.49. The van der Waals surface area contributed by atoms with E-state index in [4.69, 9.17) is 10.5 Å². The van der Waals surface area contributed by atoms with Crippen LogP contribution in [0.1, 0.15) is 49.6 Å². The molecule has 0 radical (unpaired) electrons. The van der Waals surface area contributed by atoms with Gasteiger partial charge in [0.15, 0.2) is 11.8 Å². The van der Waals surface area contributed by atoms with Gasteiger partial charge in [0.1, 0.15) is 11.4 Å². The van der Waals surface area contributed by atoms with E-state index in [1.807, 2.05) is 0 Å². The Morgan fingerprint density at radius 2 is 2.00 bits per heavy atom. The Morgan fingerprint density at radius 3 is 2.69 bits per heavy atom. The van der Waals surface area contributed by atoms with Crippen molar-refractivity contribution in [2.24, 2.45) is 11.8 Å². The van der Waals surface area contributed by atoms with Gasteiger partial charge in [0.05, 0.1) is 17.1 Å². The van der Waals surface area contributed by atoms with Crippen LogP contribution in [0.15, 0.2) is 18.5 Å². The first-order valence-electron chi connectivity index (χ1n) is 10.2. The second-order valence-electron chi connectivity index (χ2n) is 8.66. The number of halogens is 1. The number of anilines is 1. The van der Waals surface area contributed by atoms with Crippen LogP contribution in [0.5, 0.6) is 0 Å². The van der Waals surface area contributed by atoms with Gasteiger partial charge in [-0.05, 0) is 50.0 Å². The summed E-state index contributed by atoms with van der Waals surface area (Å²) in [5.41, 5.74) is 7.40. The normalized spacial score (nSPS) is 30.8. The van der Waals surface area contributed by atoms with Gasteiger partial charge in [0, 0.05) is 35.7 Å². The maximum Gasteiger partial charge on any atom is 0.198 e. The first-order valence-corrected chi connectivity index (χ1v) is 10.2. The van der Waals surface area contributed by atoms with Crippen molar-refractivity contribution >= 4 is 17.0 Å². The van der Waals surface area contributed by atoms with Crippen LogP contribution >= 0.6 is 0 Å². The maximum atomic E-state index is 15.6. The number of nitrogens with two attached hydrogens (primary N) is 1. The highest BCUT2D eigenvalue weighted by molar-refractivity contribution is 5.87. The highest BCUT2D eigenvalue weighted by Crippen LogP contribution is 2.58. The summed E-state index contributed by atoms with van der Waals surface area (Å²) in [4.78, 5) is 16.1. The molecular formula is C21H22FN5O2. The molecule has 1 aromatic carbocycles. The zero-order chi connectivity index (χ0) is 19.8. The van der Waals surface area contributed by atoms with Crippen LogP contribution in [-0.2, 0) is 10.3 Å². The minimum Gasteiger partial charge on any atom is -0.382 e. The lowest BCUT2D eigenvalue weighted by molar-refractivity contribution is 0.0221. The van der Waals surface area contributed by atoms with Crippen LogP contribution < -0.4 is 5.73 Å². The van der Waals surface area contributed by atoms with Gasteiger partial charge < -0.3 is 20.6 Å². The van der Waals surface area contributed by atoms with E-state index in [0.717, 1.165) is 12.8 Å². The Hall–Kier alpha value is -2.58. The molecular weight excluding hydrogens is 373 g/mol. The van der Waals surface area contributed by atoms with Crippen molar-refractivity contribution in [2.45, 2.75) is 43.8 Å². The van der Waals surface area contributed by atoms with Crippen molar-refractivity contribution in [3.8, 4) is 11.1 Å². The number of nitrogen functional groups attached to an aromatic ring is 1. The third-order valence-electron chi connectivity index (χ3n) is 6.67. The van der Waals surface area contributed by atoms with Crippen LogP contribution in [0, 0.1) is 17.7 Å². The number of rotatable bonds is 3. The molecule has 3 atom stereocenters. The Bertz CT molecular complexity index is 1100. The maximum absolute atomic E-state index is 15.6. The van der Waals surface area contributed by atoms with E-state index in [1.54, 1.807) is 18.5 Å². The van der Waals surface area contributed by atoms with Crippen LogP contribution in [0.3, 0.4) is 0 Å². The molecule has 3 fully saturated rings. The van der Waals surface area contributed by atoms with Crippen molar-refractivity contribution in [1.82, 2.24) is 19.9 Å². The van der Waals surface area contributed by atoms with Gasteiger partial charge in [-0.2, -0.15) is 0 Å². The molecule has 1 saturated heterocycles. The van der Waals surface area contributed by atoms with Crippen LogP contribution in [0.4, 0.5) is 10.3 Å². The molecule has 1 aliphatic heterocycles. The zero-order valence-electron chi connectivity index (χ0n) is 15.9. The fraction of sp³-hybridized carbons (Fsp3) is 0.476. The zero-order valence-corrected chi connectivity index (χ0v) is 15.9. The van der Waals surface area contributed by atoms with Crippen LogP contribution in [0.2, 0.25) is 0 Å². The van der Waals surface area contributed by atoms with Gasteiger partial charge in [-0.25, -0.2) is 19.3 Å². The Labute approximate surface area is 166 Å². The van der Waals surface area contributed by atoms with Crippen LogP contribution in [0.25, 0.3) is 22.2 Å². The lowest BCUT2D eigenvalue weighted by atomic mass is 9.96. The number of benzene rings is 1. The number of nitrogens with one attached hydrogen (secondary N) is 1. The monoisotopic (exact) mass is 395 g/mol. The molecule has 150 valence electrons. The van der Waals surface area contributed by atoms with Gasteiger partial charge >= 0.3 is 0 Å². The molecule has 3 aromatic rings. The van der Waals surface area contributed by atoms with E-state index in [1.165, 1.54) is 6.42 Å². The number of fused-ring (bicyclic) bond motifs is 2. The smallest absolute Gasteiger partial charge is 0.198 e. The number of hydrogen-bond donors (Lipinski definition) is 3. The van der Waals surface area contributed by atoms with Crippen molar-refractivity contribution in [3.63, 3.8) is 0 Å². The average molecular weight is 395 g/mol. The Kier molecular flexibility index (Phi) is 3.56. The summed E-state index contributed by atoms with van der Waals surface area (Å²) < 4.78 is 21.3. The molecule has 0 bridgehead atoms. The summed E-state index contributed by atoms with van der Waals surface area (Å²) in [7, 11) is 0. The van der Waals surface area contributed by atoms with Crippen molar-refractivity contribution in [3.05, 3.63) is 35.7 Å². The minimum atomic E-state index is -0.949. The number of H-pyrrole nitrogens is 1. The highest BCUT2D eigenvalue weighted by Gasteiger charge is 2.55. The van der Waals surface area contributed by atoms with Gasteiger partial charge in [-0.15, -0.1) is 0 Å². The molecule has 7 nitrogen and oxygen atoms in total. The molecule has 0 amide bonds. The van der Waals surface area contributed by atoms with E-state index in [2.05, 4.69) is 19.9 Å². The number of ether oxygens (including phenoxy) is 1. The first kappa shape index (κ1) is 17.3. The van der Waals surface area contributed by atoms with Crippen LogP contribution in [-0.4, -0.2) is 31.6 Å². The number of nitrogens with zero attached hydrogens (tertiary/aromatic N) is 3. The van der Waals surface area contributed by atoms with Crippen molar-refractivity contribution in [2.75, 3.05) is 12.3 Å². The molecule has 3 heterocycles. The summed E-state index contributed by atoms with van der Waals surface area (Å²) in [6.45, 7) is 0.605. The minimum absolute atomic E-state index is 0.240. The molecule has 3 aliphatic rings. The molecule has 2 saturated carbocycles. The molecule has 29 heavy (non-hydrogen) atoms. The molecule has 2 aromatic heterocycles. The molecule has 4 N–H and O–H groups in total. The number of aliphatic hydroxyl groups is 1. The van der Waals surface area contributed by atoms with Crippen molar-refractivity contribution in [1.29, 1.82) is 0 Å². The second kappa shape index (κ2) is 5.96. The Morgan fingerprint density at radius 1 is 1.24 bits per heavy atom. The Balaban J connectivity index is 1.43. The third-order valence-corrected chi connectivity index (χ3v) is 6.67. The summed E-state index contributed by atoms with van der Waals surface area (Å²) in [6, 6.07) is 1.68. The van der Waals surface area contributed by atoms with Gasteiger partial charge in [-0.3, -0.25) is 0 Å². The lowest BCUT2D eigenvalue weighted by Gasteiger charge is -2.22. The van der Waals surface area contributed by atoms with E-state index >= 15 is 4.39 Å². The molecule has 2 unspecified atom stereocenters. The molecule has 8 heteroatoms. The molecule has 2 aliphatic carbocycles. The van der Waals surface area contributed by atoms with Gasteiger partial charge in [0.2, 0.25) is 0 Å². The SMILES string of the molecule is Nc1nc2c([C@H]3CCCO3)c(F)c(-c3cnc(C4(O)CC5CC5C4)nc3)cc2[nH]1. The van der Waals surface area contributed by atoms with E-state index < -0.39 is 5.60 Å². The summed E-state index contributed by atoms with van der Waals surface area (Å²) in [5, 5.41) is 10.9. The predicted octanol–water partition coefficient (Wildman–Crippen LogP) is 3.21. The summed E-state index contributed by atoms with van der Waals surface area (Å²) >= 11 is 0. The quantitative estimate of drug-likeness (QED) is 0.628. The van der Waals surface area contributed by atoms with E-state index in [9.17, 15) is 5.11 Å². The highest BCUT2D eigenvalue weighted by atomic mass is 19.1. The second-order valence-corrected chi connectivity index (χ2v) is 8.66. The largest absolute Gasteiger partial charge is 0.382 e. The predicted molar refractivity (Wildman–Crippen MR) is 104 cm³/mol. The van der Waals surface area contributed by atoms with Crippen molar-refractivity contribution < 1.29 is 14.2 Å². The van der Waals surface area contributed by atoms with Gasteiger partial charge in [-0.1, -0.05) is 0 Å². The third kappa shape index (κ3) is 2.66. The van der Waals surface area contributed by atoms with E-state index in [-0.39, 0.29) is 17.9 Å². The summed E-state index contributed by atoms with van der Waals surface area (Å²) in [6.07, 6.45) is 7.10. The topological polar surface area (TPSA) is 110 Å². The number of aromatic amines is 1. The lowest BCUT2D eigenvalue weighted by Crippen LogP contribution is -2.26.